The van der Waals surface area contributed by atoms with E-state index in [0.717, 1.165) is 0 Å². The molecule has 0 atom stereocenters. The van der Waals surface area contributed by atoms with Gasteiger partial charge >= 0.3 is 0 Å². The molecule has 0 saturated carbocycles. The highest BCUT2D eigenvalue weighted by Crippen LogP contribution is 2.64. The molecule has 0 bridgehead atoms. The molecule has 0 unspecified atom stereocenters. The summed E-state index contributed by atoms with van der Waals surface area (Å²) in [6.07, 6.45) is -0.0921. The van der Waals surface area contributed by atoms with Crippen molar-refractivity contribution in [2.45, 2.75) is 109 Å². The Morgan fingerprint density at radius 3 is 1.10 bits per heavy atom. The van der Waals surface area contributed by atoms with Crippen molar-refractivity contribution in [3.63, 3.8) is 0 Å². The molecule has 0 N–H and O–H groups in total. The van der Waals surface area contributed by atoms with E-state index in [4.69, 9.17) is 0 Å². The lowest BCUT2D eigenvalue weighted by molar-refractivity contribution is 0.527. The van der Waals surface area contributed by atoms with Crippen LogP contribution in [0.1, 0.15) is 83.1 Å². The molecule has 0 aliphatic rings. The van der Waals surface area contributed by atoms with Crippen LogP contribution in [-0.4, -0.2) is 23.2 Å². The van der Waals surface area contributed by atoms with Gasteiger partial charge in [-0.15, -0.1) is 0 Å². The second kappa shape index (κ2) is 6.11. The molecule has 0 nitrogen and oxygen atoms in total. The van der Waals surface area contributed by atoms with Gasteiger partial charge in [-0.25, -0.2) is 0 Å². The molecule has 0 rings (SSSR count). The molecule has 0 aliphatic heterocycles. The van der Waals surface area contributed by atoms with Gasteiger partial charge in [-0.2, -0.15) is 0 Å². The zero-order valence-corrected chi connectivity index (χ0v) is 18.8. The van der Waals surface area contributed by atoms with Crippen molar-refractivity contribution in [2.75, 3.05) is 6.30 Å². The zero-order valence-electron chi connectivity index (χ0n) is 16.8. The molecule has 0 spiro atoms. The Morgan fingerprint density at radius 1 is 0.667 bits per heavy atom. The number of hydrogen-bond acceptors (Lipinski definition) is 0. The molecule has 127 valence electrons. The van der Waals surface area contributed by atoms with E-state index in [9.17, 15) is 4.39 Å². The summed E-state index contributed by atoms with van der Waals surface area (Å²) in [5, 5.41) is 0.971. The second-order valence-corrected chi connectivity index (χ2v) is 21.5. The van der Waals surface area contributed by atoms with Crippen LogP contribution in [0.15, 0.2) is 0 Å². The summed E-state index contributed by atoms with van der Waals surface area (Å²) < 4.78 is 13.9. The lowest BCUT2D eigenvalue weighted by atomic mass is 10.2. The minimum Gasteiger partial charge on any atom is -0.255 e. The third-order valence-electron chi connectivity index (χ3n) is 5.54. The quantitative estimate of drug-likeness (QED) is 0.480. The van der Waals surface area contributed by atoms with Crippen LogP contribution >= 0.6 is 0 Å². The number of alkyl halides is 1. The molecule has 0 fully saturated rings. The van der Waals surface area contributed by atoms with E-state index < -0.39 is 16.9 Å². The zero-order chi connectivity index (χ0) is 17.5. The first-order valence-corrected chi connectivity index (χ1v) is 12.4. The summed E-state index contributed by atoms with van der Waals surface area (Å²) in [5.41, 5.74) is 1.17. The van der Waals surface area contributed by atoms with Crippen LogP contribution in [0.25, 0.3) is 0 Å². The summed E-state index contributed by atoms with van der Waals surface area (Å²) in [4.78, 5) is 0. The van der Waals surface area contributed by atoms with Crippen LogP contribution in [0, 0.1) is 0 Å². The van der Waals surface area contributed by atoms with Crippen molar-refractivity contribution >= 4 is 16.9 Å². The fourth-order valence-electron chi connectivity index (χ4n) is 5.00. The van der Waals surface area contributed by atoms with Gasteiger partial charge in [0.25, 0.3) is 0 Å². The summed E-state index contributed by atoms with van der Waals surface area (Å²) >= 11 is 0. The number of halogens is 1. The van der Waals surface area contributed by atoms with Crippen molar-refractivity contribution in [3.05, 3.63) is 0 Å². The first kappa shape index (κ1) is 21.4. The molecule has 21 heavy (non-hydrogen) atoms. The maximum Gasteiger partial charge on any atom is 0.0906 e. The van der Waals surface area contributed by atoms with Crippen LogP contribution in [0.3, 0.4) is 0 Å². The largest absolute Gasteiger partial charge is 0.255 e. The van der Waals surface area contributed by atoms with Crippen molar-refractivity contribution in [2.24, 2.45) is 0 Å². The molecule has 0 amide bonds. The molecule has 0 aromatic rings. The molecule has 0 aliphatic carbocycles. The standard InChI is InChI=1S/C18H40FSi2/c1-15(2,3)20(13-19)14-21(16(4,5)6,17(7,8)9)18(10,11)12/h13-14H2,1-12H3. The average Bonchev–Trinajstić information content (AvgIpc) is 2.09. The van der Waals surface area contributed by atoms with Crippen LogP contribution in [0.2, 0.25) is 25.8 Å². The fraction of sp³-hybridized carbons (Fsp3) is 1.00. The highest BCUT2D eigenvalue weighted by atomic mass is 28.4. The Kier molecular flexibility index (Phi) is 6.21. The molecule has 0 heterocycles. The maximum absolute atomic E-state index is 13.9. The second-order valence-electron chi connectivity index (χ2n) is 10.8. The van der Waals surface area contributed by atoms with E-state index in [0.29, 0.717) is 0 Å². The van der Waals surface area contributed by atoms with Crippen LogP contribution in [0.5, 0.6) is 0 Å². The van der Waals surface area contributed by atoms with Gasteiger partial charge in [-0.3, -0.25) is 4.39 Å². The maximum atomic E-state index is 13.9. The lowest BCUT2D eigenvalue weighted by Crippen LogP contribution is -2.61. The number of hydrogen-bond donors (Lipinski definition) is 0. The topological polar surface area (TPSA) is 0 Å². The van der Waals surface area contributed by atoms with E-state index in [2.05, 4.69) is 83.1 Å². The third-order valence-corrected chi connectivity index (χ3v) is 19.5. The van der Waals surface area contributed by atoms with E-state index in [1.165, 1.54) is 5.67 Å². The third kappa shape index (κ3) is 4.22. The Balaban J connectivity index is 6.19. The predicted molar refractivity (Wildman–Crippen MR) is 101 cm³/mol. The Hall–Kier alpha value is 0.364. The SMILES string of the molecule is CC(C)(C)[Si](CF)C[Si](C(C)(C)C)(C(C)(C)C)C(C)(C)C. The van der Waals surface area contributed by atoms with Crippen LogP contribution in [-0.2, 0) is 0 Å². The molecule has 0 aromatic heterocycles. The van der Waals surface area contributed by atoms with Crippen LogP contribution < -0.4 is 0 Å². The first-order chi connectivity index (χ1) is 8.92. The van der Waals surface area contributed by atoms with Gasteiger partial charge in [0.2, 0.25) is 0 Å². The van der Waals surface area contributed by atoms with E-state index in [-0.39, 0.29) is 26.5 Å². The smallest absolute Gasteiger partial charge is 0.0906 e. The van der Waals surface area contributed by atoms with Crippen LogP contribution in [0.4, 0.5) is 4.39 Å². The molecule has 0 saturated heterocycles. The summed E-state index contributed by atoms with van der Waals surface area (Å²) in [6.45, 7) is 28.4. The molecule has 1 radical (unpaired) electrons. The summed E-state index contributed by atoms with van der Waals surface area (Å²) in [7, 11) is -2.80. The van der Waals surface area contributed by atoms with Crippen molar-refractivity contribution < 1.29 is 4.39 Å². The average molecular weight is 332 g/mol. The summed E-state index contributed by atoms with van der Waals surface area (Å²) in [6, 6.07) is 0. The van der Waals surface area contributed by atoms with Crippen molar-refractivity contribution in [3.8, 4) is 0 Å². The van der Waals surface area contributed by atoms with E-state index in [1.54, 1.807) is 0 Å². The Labute approximate surface area is 136 Å². The Bertz CT molecular complexity index is 298. The summed E-state index contributed by atoms with van der Waals surface area (Å²) in [5.74, 6) is 0. The monoisotopic (exact) mass is 331 g/mol. The highest BCUT2D eigenvalue weighted by Gasteiger charge is 2.60. The van der Waals surface area contributed by atoms with Gasteiger partial charge in [0.1, 0.15) is 0 Å². The van der Waals surface area contributed by atoms with E-state index >= 15 is 0 Å². The fourth-order valence-corrected chi connectivity index (χ4v) is 23.6. The van der Waals surface area contributed by atoms with Gasteiger partial charge in [0.05, 0.1) is 23.2 Å². The van der Waals surface area contributed by atoms with Crippen molar-refractivity contribution in [1.29, 1.82) is 0 Å². The predicted octanol–water partition coefficient (Wildman–Crippen LogP) is 7.18. The molecule has 0 aromatic carbocycles. The minimum absolute atomic E-state index is 0.0921. The number of rotatable bonds is 3. The normalized spacial score (nSPS) is 15.7. The van der Waals surface area contributed by atoms with Gasteiger partial charge in [-0.1, -0.05) is 88.8 Å². The Morgan fingerprint density at radius 2 is 0.952 bits per heavy atom. The lowest BCUT2D eigenvalue weighted by Gasteiger charge is -2.61. The molecular weight excluding hydrogens is 291 g/mol. The van der Waals surface area contributed by atoms with Gasteiger partial charge < -0.3 is 0 Å². The van der Waals surface area contributed by atoms with Crippen molar-refractivity contribution in [1.82, 2.24) is 0 Å². The minimum atomic E-state index is -1.79. The van der Waals surface area contributed by atoms with Gasteiger partial charge in [-0.05, 0) is 20.2 Å². The van der Waals surface area contributed by atoms with Gasteiger partial charge in [0, 0.05) is 0 Å². The molecular formula is C18H40FSi2. The first-order valence-electron chi connectivity index (χ1n) is 8.33. The molecule has 3 heteroatoms. The van der Waals surface area contributed by atoms with Gasteiger partial charge in [0.15, 0.2) is 0 Å². The highest BCUT2D eigenvalue weighted by molar-refractivity contribution is 6.96. The van der Waals surface area contributed by atoms with E-state index in [1.807, 2.05) is 0 Å².